The molecule has 0 spiro atoms. The maximum atomic E-state index is 6.31. The molecule has 0 amide bonds. The summed E-state index contributed by atoms with van der Waals surface area (Å²) in [6.45, 7) is 4.06. The Balaban J connectivity index is 2.24. The summed E-state index contributed by atoms with van der Waals surface area (Å²) >= 11 is 6.31. The van der Waals surface area contributed by atoms with Crippen LogP contribution in [-0.4, -0.2) is 12.0 Å². The SMILES string of the molecule is CNC(Cc1ccc(C)cc1Cl)c1ccnc(C)c1. The molecule has 1 N–H and O–H groups in total. The number of rotatable bonds is 4. The number of likely N-dealkylation sites (N-methyl/N-ethyl adjacent to an activating group) is 1. The van der Waals surface area contributed by atoms with E-state index < -0.39 is 0 Å². The Kier molecular flexibility index (Phi) is 4.56. The maximum Gasteiger partial charge on any atom is 0.0441 e. The van der Waals surface area contributed by atoms with Gasteiger partial charge >= 0.3 is 0 Å². The van der Waals surface area contributed by atoms with Gasteiger partial charge in [0, 0.05) is 23.0 Å². The lowest BCUT2D eigenvalue weighted by molar-refractivity contribution is 0.591. The second kappa shape index (κ2) is 6.18. The summed E-state index contributed by atoms with van der Waals surface area (Å²) in [5, 5.41) is 4.19. The number of hydrogen-bond donors (Lipinski definition) is 1. The number of pyridine rings is 1. The van der Waals surface area contributed by atoms with Crippen molar-refractivity contribution in [1.82, 2.24) is 10.3 Å². The van der Waals surface area contributed by atoms with Crippen molar-refractivity contribution in [2.45, 2.75) is 26.3 Å². The van der Waals surface area contributed by atoms with E-state index in [2.05, 4.69) is 41.5 Å². The molecule has 0 aliphatic rings. The molecule has 0 saturated carbocycles. The van der Waals surface area contributed by atoms with Gasteiger partial charge in [0.1, 0.15) is 0 Å². The van der Waals surface area contributed by atoms with Crippen molar-refractivity contribution < 1.29 is 0 Å². The molecular formula is C16H19ClN2. The monoisotopic (exact) mass is 274 g/mol. The van der Waals surface area contributed by atoms with E-state index in [4.69, 9.17) is 11.6 Å². The Labute approximate surface area is 119 Å². The second-order valence-electron chi connectivity index (χ2n) is 4.87. The van der Waals surface area contributed by atoms with Gasteiger partial charge in [0.05, 0.1) is 0 Å². The summed E-state index contributed by atoms with van der Waals surface area (Å²) in [6, 6.07) is 10.6. The summed E-state index contributed by atoms with van der Waals surface area (Å²) in [5.41, 5.74) is 4.63. The number of nitrogens with zero attached hydrogens (tertiary/aromatic N) is 1. The predicted molar refractivity (Wildman–Crippen MR) is 80.7 cm³/mol. The Hall–Kier alpha value is -1.38. The molecule has 0 fully saturated rings. The zero-order valence-corrected chi connectivity index (χ0v) is 12.3. The van der Waals surface area contributed by atoms with Crippen molar-refractivity contribution in [3.63, 3.8) is 0 Å². The molecule has 19 heavy (non-hydrogen) atoms. The van der Waals surface area contributed by atoms with Crippen molar-refractivity contribution in [1.29, 1.82) is 0 Å². The van der Waals surface area contributed by atoms with Crippen LogP contribution in [-0.2, 0) is 6.42 Å². The van der Waals surface area contributed by atoms with Crippen molar-refractivity contribution in [3.05, 3.63) is 63.9 Å². The average molecular weight is 275 g/mol. The summed E-state index contributed by atoms with van der Waals surface area (Å²) in [4.78, 5) is 4.24. The van der Waals surface area contributed by atoms with Crippen molar-refractivity contribution in [3.8, 4) is 0 Å². The van der Waals surface area contributed by atoms with Crippen LogP contribution in [0, 0.1) is 13.8 Å². The third-order valence-electron chi connectivity index (χ3n) is 3.30. The van der Waals surface area contributed by atoms with Crippen LogP contribution in [0.25, 0.3) is 0 Å². The fraction of sp³-hybridized carbons (Fsp3) is 0.312. The first-order valence-corrected chi connectivity index (χ1v) is 6.83. The molecule has 0 radical (unpaired) electrons. The lowest BCUT2D eigenvalue weighted by Gasteiger charge is -2.18. The molecule has 2 rings (SSSR count). The highest BCUT2D eigenvalue weighted by molar-refractivity contribution is 6.31. The molecule has 1 unspecified atom stereocenters. The summed E-state index contributed by atoms with van der Waals surface area (Å²) in [7, 11) is 1.97. The molecular weight excluding hydrogens is 256 g/mol. The molecule has 0 saturated heterocycles. The number of aromatic nitrogens is 1. The van der Waals surface area contributed by atoms with Crippen molar-refractivity contribution >= 4 is 11.6 Å². The lowest BCUT2D eigenvalue weighted by atomic mass is 9.98. The van der Waals surface area contributed by atoms with E-state index in [-0.39, 0.29) is 6.04 Å². The standard InChI is InChI=1S/C16H19ClN2/c1-11-4-5-13(15(17)8-11)10-16(18-3)14-6-7-19-12(2)9-14/h4-9,16,18H,10H2,1-3H3. The van der Waals surface area contributed by atoms with Crippen LogP contribution in [0.3, 0.4) is 0 Å². The Morgan fingerprint density at radius 2 is 2.00 bits per heavy atom. The highest BCUT2D eigenvalue weighted by atomic mass is 35.5. The first-order chi connectivity index (χ1) is 9.10. The van der Waals surface area contributed by atoms with Crippen LogP contribution in [0.15, 0.2) is 36.5 Å². The minimum atomic E-state index is 0.252. The molecule has 1 atom stereocenters. The third-order valence-corrected chi connectivity index (χ3v) is 3.66. The smallest absolute Gasteiger partial charge is 0.0441 e. The van der Waals surface area contributed by atoms with Crippen molar-refractivity contribution in [2.75, 3.05) is 7.05 Å². The van der Waals surface area contributed by atoms with Gasteiger partial charge in [-0.25, -0.2) is 0 Å². The highest BCUT2D eigenvalue weighted by Gasteiger charge is 2.12. The molecule has 2 nitrogen and oxygen atoms in total. The summed E-state index contributed by atoms with van der Waals surface area (Å²) in [5.74, 6) is 0. The molecule has 100 valence electrons. The minimum absolute atomic E-state index is 0.252. The van der Waals surface area contributed by atoms with Gasteiger partial charge < -0.3 is 5.32 Å². The van der Waals surface area contributed by atoms with Gasteiger partial charge in [0.2, 0.25) is 0 Å². The molecule has 0 aliphatic carbocycles. The first-order valence-electron chi connectivity index (χ1n) is 6.45. The molecule has 0 aliphatic heterocycles. The summed E-state index contributed by atoms with van der Waals surface area (Å²) in [6.07, 6.45) is 2.73. The first kappa shape index (κ1) is 14.0. The van der Waals surface area contributed by atoms with Crippen LogP contribution in [0.2, 0.25) is 5.02 Å². The van der Waals surface area contributed by atoms with E-state index >= 15 is 0 Å². The van der Waals surface area contributed by atoms with Gasteiger partial charge in [0.15, 0.2) is 0 Å². The van der Waals surface area contributed by atoms with Gasteiger partial charge in [-0.1, -0.05) is 23.7 Å². The van der Waals surface area contributed by atoms with E-state index in [0.717, 1.165) is 17.1 Å². The number of aryl methyl sites for hydroxylation is 2. The van der Waals surface area contributed by atoms with Crippen LogP contribution >= 0.6 is 11.6 Å². The van der Waals surface area contributed by atoms with E-state index in [1.165, 1.54) is 16.7 Å². The quantitative estimate of drug-likeness (QED) is 0.916. The van der Waals surface area contributed by atoms with Gasteiger partial charge in [0.25, 0.3) is 0 Å². The number of nitrogens with one attached hydrogen (secondary N) is 1. The zero-order valence-electron chi connectivity index (χ0n) is 11.6. The Morgan fingerprint density at radius 1 is 1.21 bits per heavy atom. The van der Waals surface area contributed by atoms with Crippen molar-refractivity contribution in [2.24, 2.45) is 0 Å². The largest absolute Gasteiger partial charge is 0.313 e. The highest BCUT2D eigenvalue weighted by Crippen LogP contribution is 2.24. The maximum absolute atomic E-state index is 6.31. The Morgan fingerprint density at radius 3 is 2.63 bits per heavy atom. The molecule has 1 heterocycles. The number of halogens is 1. The molecule has 3 heteroatoms. The average Bonchev–Trinajstić information content (AvgIpc) is 2.38. The molecule has 1 aromatic heterocycles. The van der Waals surface area contributed by atoms with E-state index in [1.54, 1.807) is 0 Å². The third kappa shape index (κ3) is 3.55. The van der Waals surface area contributed by atoms with Gasteiger partial charge in [-0.05, 0) is 62.2 Å². The fourth-order valence-electron chi connectivity index (χ4n) is 2.21. The van der Waals surface area contributed by atoms with Gasteiger partial charge in [-0.3, -0.25) is 4.98 Å². The van der Waals surface area contributed by atoms with Crippen LogP contribution < -0.4 is 5.32 Å². The van der Waals surface area contributed by atoms with E-state index in [1.807, 2.05) is 26.2 Å². The van der Waals surface area contributed by atoms with Gasteiger partial charge in [-0.15, -0.1) is 0 Å². The van der Waals surface area contributed by atoms with Gasteiger partial charge in [-0.2, -0.15) is 0 Å². The number of benzene rings is 1. The topological polar surface area (TPSA) is 24.9 Å². The molecule has 1 aromatic carbocycles. The van der Waals surface area contributed by atoms with E-state index in [9.17, 15) is 0 Å². The number of hydrogen-bond acceptors (Lipinski definition) is 2. The molecule has 2 aromatic rings. The van der Waals surface area contributed by atoms with Crippen LogP contribution in [0.1, 0.15) is 28.4 Å². The van der Waals surface area contributed by atoms with Crippen LogP contribution in [0.4, 0.5) is 0 Å². The fourth-order valence-corrected chi connectivity index (χ4v) is 2.52. The van der Waals surface area contributed by atoms with Crippen LogP contribution in [0.5, 0.6) is 0 Å². The molecule has 0 bridgehead atoms. The predicted octanol–water partition coefficient (Wildman–Crippen LogP) is 3.86. The second-order valence-corrected chi connectivity index (χ2v) is 5.28. The Bertz CT molecular complexity index is 566. The van der Waals surface area contributed by atoms with E-state index in [0.29, 0.717) is 0 Å². The minimum Gasteiger partial charge on any atom is -0.313 e. The lowest BCUT2D eigenvalue weighted by Crippen LogP contribution is -2.19. The zero-order chi connectivity index (χ0) is 13.8. The normalized spacial score (nSPS) is 12.4. The summed E-state index contributed by atoms with van der Waals surface area (Å²) < 4.78 is 0.